The first-order chi connectivity index (χ1) is 13.1. The normalized spacial score (nSPS) is 17.2. The van der Waals surface area contributed by atoms with Crippen LogP contribution in [0.25, 0.3) is 10.9 Å². The Balaban J connectivity index is 2.21. The molecule has 1 atom stereocenters. The molecule has 0 N–H and O–H groups in total. The Bertz CT molecular complexity index is 978. The van der Waals surface area contributed by atoms with Crippen LogP contribution in [0.1, 0.15) is 33.3 Å². The van der Waals surface area contributed by atoms with Gasteiger partial charge in [-0.15, -0.1) is 0 Å². The summed E-state index contributed by atoms with van der Waals surface area (Å²) in [5.74, 6) is -0.0602. The second-order valence-corrected chi connectivity index (χ2v) is 9.67. The smallest absolute Gasteiger partial charge is 0.262 e. The van der Waals surface area contributed by atoms with Gasteiger partial charge in [-0.05, 0) is 39.8 Å². The fourth-order valence-corrected chi connectivity index (χ4v) is 3.58. The number of fused-ring (bicyclic) bond motifs is 1. The molecule has 0 bridgehead atoms. The van der Waals surface area contributed by atoms with Crippen molar-refractivity contribution < 1.29 is 13.7 Å². The summed E-state index contributed by atoms with van der Waals surface area (Å²) in [6, 6.07) is 2.47. The van der Waals surface area contributed by atoms with Gasteiger partial charge in [-0.1, -0.05) is 4.40 Å². The van der Waals surface area contributed by atoms with E-state index in [1.165, 1.54) is 16.7 Å². The monoisotopic (exact) mass is 408 g/mol. The van der Waals surface area contributed by atoms with E-state index >= 15 is 0 Å². The molecular weight excluding hydrogens is 383 g/mol. The second-order valence-electron chi connectivity index (χ2n) is 7.76. The third kappa shape index (κ3) is 4.06. The minimum atomic E-state index is -1.51. The molecule has 0 aliphatic carbocycles. The lowest BCUT2D eigenvalue weighted by atomic mass is 10.1. The van der Waals surface area contributed by atoms with Crippen molar-refractivity contribution in [1.82, 2.24) is 9.55 Å². The SMILES string of the molecule is CC(=N[S+]([O-])C(C)(C)C)c1cc(F)cc2c(=O)n(C)c(N3CCOCC3)nc12. The predicted octanol–water partition coefficient (Wildman–Crippen LogP) is 2.18. The minimum Gasteiger partial charge on any atom is -0.591 e. The van der Waals surface area contributed by atoms with Crippen molar-refractivity contribution in [2.24, 2.45) is 11.4 Å². The zero-order chi connectivity index (χ0) is 20.6. The molecule has 0 saturated carbocycles. The molecule has 0 spiro atoms. The Morgan fingerprint density at radius 1 is 1.32 bits per heavy atom. The highest BCUT2D eigenvalue weighted by molar-refractivity contribution is 7.91. The Morgan fingerprint density at radius 2 is 1.96 bits per heavy atom. The summed E-state index contributed by atoms with van der Waals surface area (Å²) in [7, 11) is 1.62. The maximum Gasteiger partial charge on any atom is 0.262 e. The Kier molecular flexibility index (Phi) is 5.79. The zero-order valence-corrected chi connectivity index (χ0v) is 17.6. The summed E-state index contributed by atoms with van der Waals surface area (Å²) in [5.41, 5.74) is 0.779. The number of benzene rings is 1. The van der Waals surface area contributed by atoms with Crippen LogP contribution < -0.4 is 10.5 Å². The largest absolute Gasteiger partial charge is 0.591 e. The molecule has 152 valence electrons. The van der Waals surface area contributed by atoms with Gasteiger partial charge in [-0.2, -0.15) is 0 Å². The molecule has 2 aromatic rings. The maximum atomic E-state index is 14.3. The number of hydrogen-bond donors (Lipinski definition) is 0. The number of rotatable bonds is 3. The first-order valence-electron chi connectivity index (χ1n) is 9.10. The molecule has 1 saturated heterocycles. The molecule has 1 unspecified atom stereocenters. The highest BCUT2D eigenvalue weighted by Gasteiger charge is 2.27. The van der Waals surface area contributed by atoms with E-state index < -0.39 is 21.9 Å². The van der Waals surface area contributed by atoms with E-state index in [0.29, 0.717) is 49.0 Å². The summed E-state index contributed by atoms with van der Waals surface area (Å²) in [6.07, 6.45) is 0. The molecule has 9 heteroatoms. The van der Waals surface area contributed by atoms with E-state index in [4.69, 9.17) is 4.74 Å². The molecule has 0 radical (unpaired) electrons. The first kappa shape index (κ1) is 20.8. The molecule has 1 aromatic carbocycles. The fourth-order valence-electron chi connectivity index (χ4n) is 2.96. The summed E-state index contributed by atoms with van der Waals surface area (Å²) < 4.78 is 37.2. The van der Waals surface area contributed by atoms with Gasteiger partial charge >= 0.3 is 0 Å². The lowest BCUT2D eigenvalue weighted by molar-refractivity contribution is 0.121. The van der Waals surface area contributed by atoms with E-state index in [2.05, 4.69) is 9.38 Å². The van der Waals surface area contributed by atoms with Crippen LogP contribution in [-0.4, -0.2) is 50.9 Å². The number of halogens is 1. The average molecular weight is 408 g/mol. The number of aromatic nitrogens is 2. The molecule has 3 rings (SSSR count). The van der Waals surface area contributed by atoms with Gasteiger partial charge in [0.25, 0.3) is 5.56 Å². The second kappa shape index (κ2) is 7.81. The van der Waals surface area contributed by atoms with Crippen molar-refractivity contribution in [2.75, 3.05) is 31.2 Å². The van der Waals surface area contributed by atoms with E-state index in [1.54, 1.807) is 14.0 Å². The van der Waals surface area contributed by atoms with Crippen LogP contribution in [0.2, 0.25) is 0 Å². The summed E-state index contributed by atoms with van der Waals surface area (Å²) in [6.45, 7) is 9.43. The molecule has 2 heterocycles. The molecule has 28 heavy (non-hydrogen) atoms. The summed E-state index contributed by atoms with van der Waals surface area (Å²) in [5, 5.41) is 0.172. The maximum absolute atomic E-state index is 14.3. The number of morpholine rings is 1. The van der Waals surface area contributed by atoms with E-state index in [-0.39, 0.29) is 10.9 Å². The molecule has 1 aromatic heterocycles. The lowest BCUT2D eigenvalue weighted by Crippen LogP contribution is -2.40. The van der Waals surface area contributed by atoms with E-state index in [9.17, 15) is 13.7 Å². The number of ether oxygens (including phenoxy) is 1. The first-order valence-corrected chi connectivity index (χ1v) is 10.2. The van der Waals surface area contributed by atoms with Gasteiger partial charge < -0.3 is 14.2 Å². The Labute approximate surface area is 166 Å². The van der Waals surface area contributed by atoms with Crippen LogP contribution in [0.3, 0.4) is 0 Å². The van der Waals surface area contributed by atoms with Crippen LogP contribution in [0.5, 0.6) is 0 Å². The van der Waals surface area contributed by atoms with Gasteiger partial charge in [0.2, 0.25) is 5.95 Å². The lowest BCUT2D eigenvalue weighted by Gasteiger charge is -2.29. The predicted molar refractivity (Wildman–Crippen MR) is 110 cm³/mol. The topological polar surface area (TPSA) is 82.8 Å². The zero-order valence-electron chi connectivity index (χ0n) is 16.8. The molecule has 7 nitrogen and oxygen atoms in total. The standard InChI is InChI=1S/C19H25FN4O3S/c1-12(22-28(26)19(2,3)4)14-10-13(20)11-15-16(14)21-18(23(5)17(15)25)24-6-8-27-9-7-24/h10-11H,6-9H2,1-5H3. The van der Waals surface area contributed by atoms with Crippen molar-refractivity contribution in [3.8, 4) is 0 Å². The molecule has 1 aliphatic heterocycles. The van der Waals surface area contributed by atoms with Crippen molar-refractivity contribution in [3.05, 3.63) is 33.9 Å². The van der Waals surface area contributed by atoms with Crippen LogP contribution in [-0.2, 0) is 23.1 Å². The molecule has 0 amide bonds. The molecule has 1 aliphatic rings. The Morgan fingerprint density at radius 3 is 2.57 bits per heavy atom. The number of hydrogen-bond acceptors (Lipinski definition) is 6. The minimum absolute atomic E-state index is 0.172. The van der Waals surface area contributed by atoms with E-state index in [0.717, 1.165) is 0 Å². The van der Waals surface area contributed by atoms with Gasteiger partial charge in [-0.25, -0.2) is 9.37 Å². The Hall–Kier alpha value is -1.97. The van der Waals surface area contributed by atoms with Crippen LogP contribution in [0, 0.1) is 5.82 Å². The van der Waals surface area contributed by atoms with Gasteiger partial charge in [0, 0.05) is 25.7 Å². The van der Waals surface area contributed by atoms with Crippen molar-refractivity contribution in [1.29, 1.82) is 0 Å². The number of anilines is 1. The summed E-state index contributed by atoms with van der Waals surface area (Å²) >= 11 is -1.51. The van der Waals surface area contributed by atoms with Crippen LogP contribution >= 0.6 is 0 Å². The quantitative estimate of drug-likeness (QED) is 0.574. The average Bonchev–Trinajstić information content (AvgIpc) is 2.64. The third-order valence-corrected chi connectivity index (χ3v) is 6.04. The van der Waals surface area contributed by atoms with Crippen molar-refractivity contribution in [2.45, 2.75) is 32.4 Å². The highest BCUT2D eigenvalue weighted by Crippen LogP contribution is 2.23. The van der Waals surface area contributed by atoms with Crippen LogP contribution in [0.4, 0.5) is 10.3 Å². The van der Waals surface area contributed by atoms with Gasteiger partial charge in [0.15, 0.2) is 0 Å². The molecular formula is C19H25FN4O3S. The number of nitrogens with zero attached hydrogens (tertiary/aromatic N) is 4. The van der Waals surface area contributed by atoms with Crippen molar-refractivity contribution in [3.63, 3.8) is 0 Å². The highest BCUT2D eigenvalue weighted by atomic mass is 32.2. The summed E-state index contributed by atoms with van der Waals surface area (Å²) in [4.78, 5) is 19.5. The van der Waals surface area contributed by atoms with Gasteiger partial charge in [0.05, 0.1) is 29.8 Å². The van der Waals surface area contributed by atoms with Crippen molar-refractivity contribution >= 4 is 33.9 Å². The fraction of sp³-hybridized carbons (Fsp3) is 0.526. The molecule has 1 fully saturated rings. The van der Waals surface area contributed by atoms with E-state index in [1.807, 2.05) is 25.7 Å². The van der Waals surface area contributed by atoms with Gasteiger partial charge in [-0.3, -0.25) is 9.36 Å². The van der Waals surface area contributed by atoms with Crippen LogP contribution in [0.15, 0.2) is 21.3 Å². The third-order valence-electron chi connectivity index (χ3n) is 4.55. The van der Waals surface area contributed by atoms with Gasteiger partial charge in [0.1, 0.15) is 21.9 Å².